The van der Waals surface area contributed by atoms with Crippen LogP contribution < -0.4 is 14.4 Å². The lowest BCUT2D eigenvalue weighted by atomic mass is 10.0. The zero-order valence-electron chi connectivity index (χ0n) is 26.3. The van der Waals surface area contributed by atoms with Crippen LogP contribution in [0.4, 0.5) is 5.69 Å². The van der Waals surface area contributed by atoms with Gasteiger partial charge in [-0.1, -0.05) is 92.2 Å². The lowest BCUT2D eigenvalue weighted by Gasteiger charge is -2.34. The van der Waals surface area contributed by atoms with Crippen molar-refractivity contribution in [3.05, 3.63) is 125 Å². The molecule has 0 saturated carbocycles. The van der Waals surface area contributed by atoms with Crippen LogP contribution in [0.5, 0.6) is 5.75 Å². The van der Waals surface area contributed by atoms with Crippen LogP contribution in [0.2, 0.25) is 5.02 Å². The third-order valence-electron chi connectivity index (χ3n) is 7.30. The summed E-state index contributed by atoms with van der Waals surface area (Å²) >= 11 is 6.55. The fraction of sp³-hybridized carbons (Fsp3) is 0.278. The normalized spacial score (nSPS) is 11.9. The molecule has 46 heavy (non-hydrogen) atoms. The van der Waals surface area contributed by atoms with Crippen molar-refractivity contribution in [2.45, 2.75) is 44.7 Å². The number of benzene rings is 4. The van der Waals surface area contributed by atoms with Crippen molar-refractivity contribution < 1.29 is 22.7 Å². The molecule has 0 fully saturated rings. The minimum absolute atomic E-state index is 0.000715. The number of ether oxygens (including phenoxy) is 1. The first-order valence-electron chi connectivity index (χ1n) is 15.2. The Kier molecular flexibility index (Phi) is 12.2. The van der Waals surface area contributed by atoms with E-state index in [0.717, 1.165) is 9.87 Å². The average Bonchev–Trinajstić information content (AvgIpc) is 3.06. The molecule has 1 atom stereocenters. The molecular weight excluding hydrogens is 622 g/mol. The monoisotopic (exact) mass is 661 g/mol. The summed E-state index contributed by atoms with van der Waals surface area (Å²) in [5, 5.41) is 3.42. The Bertz CT molecular complexity index is 1680. The number of nitrogens with zero attached hydrogens (tertiary/aromatic N) is 2. The standard InChI is InChI=1S/C36H40ClN3O5S/c1-4-45-31-19-21-32(22-20-31)46(43,44)40(30-16-9-6-10-17-30)26-35(41)39(25-29-15-11-12-18-33(29)37)34(36(42)38-24-27(2)3)23-28-13-7-5-8-14-28/h5-22,27,34H,4,23-26H2,1-3H3,(H,38,42)/t34-/m0/s1. The largest absolute Gasteiger partial charge is 0.494 e. The number of nitrogens with one attached hydrogen (secondary N) is 1. The Morgan fingerprint density at radius 1 is 0.848 bits per heavy atom. The van der Waals surface area contributed by atoms with E-state index >= 15 is 0 Å². The smallest absolute Gasteiger partial charge is 0.264 e. The second kappa shape index (κ2) is 16.3. The summed E-state index contributed by atoms with van der Waals surface area (Å²) in [6, 6.07) is 30.1. The van der Waals surface area contributed by atoms with Gasteiger partial charge in [-0.3, -0.25) is 13.9 Å². The molecule has 10 heteroatoms. The Morgan fingerprint density at radius 2 is 1.46 bits per heavy atom. The first-order valence-corrected chi connectivity index (χ1v) is 17.1. The number of hydrogen-bond donors (Lipinski definition) is 1. The number of sulfonamides is 1. The van der Waals surface area contributed by atoms with Crippen LogP contribution in [0.15, 0.2) is 114 Å². The predicted molar refractivity (Wildman–Crippen MR) is 182 cm³/mol. The number of carbonyl (C=O) groups excluding carboxylic acids is 2. The molecule has 0 heterocycles. The van der Waals surface area contributed by atoms with Crippen molar-refractivity contribution in [3.63, 3.8) is 0 Å². The SMILES string of the molecule is CCOc1ccc(S(=O)(=O)N(CC(=O)N(Cc2ccccc2Cl)[C@@H](Cc2ccccc2)C(=O)NCC(C)C)c2ccccc2)cc1. The fourth-order valence-corrected chi connectivity index (χ4v) is 6.52. The molecule has 0 aromatic heterocycles. The van der Waals surface area contributed by atoms with Crippen LogP contribution in [-0.2, 0) is 32.6 Å². The van der Waals surface area contributed by atoms with Crippen LogP contribution >= 0.6 is 11.6 Å². The van der Waals surface area contributed by atoms with E-state index in [1.54, 1.807) is 60.7 Å². The highest BCUT2D eigenvalue weighted by Gasteiger charge is 2.35. The third-order valence-corrected chi connectivity index (χ3v) is 9.46. The van der Waals surface area contributed by atoms with Gasteiger partial charge in [0.25, 0.3) is 10.0 Å². The van der Waals surface area contributed by atoms with Crippen LogP contribution in [0.3, 0.4) is 0 Å². The molecular formula is C36H40ClN3O5S. The molecule has 2 amide bonds. The summed E-state index contributed by atoms with van der Waals surface area (Å²) in [4.78, 5) is 29.8. The van der Waals surface area contributed by atoms with Gasteiger partial charge in [-0.15, -0.1) is 0 Å². The van der Waals surface area contributed by atoms with E-state index in [9.17, 15) is 18.0 Å². The molecule has 4 aromatic rings. The number of hydrogen-bond acceptors (Lipinski definition) is 5. The van der Waals surface area contributed by atoms with E-state index in [0.29, 0.717) is 35.2 Å². The number of halogens is 1. The van der Waals surface area contributed by atoms with Crippen molar-refractivity contribution in [2.24, 2.45) is 5.92 Å². The highest BCUT2D eigenvalue weighted by atomic mass is 35.5. The lowest BCUT2D eigenvalue weighted by molar-refractivity contribution is -0.140. The van der Waals surface area contributed by atoms with E-state index in [1.807, 2.05) is 57.2 Å². The molecule has 0 aliphatic heterocycles. The maximum atomic E-state index is 14.5. The first kappa shape index (κ1) is 34.5. The number of carbonyl (C=O) groups is 2. The van der Waals surface area contributed by atoms with Gasteiger partial charge >= 0.3 is 0 Å². The van der Waals surface area contributed by atoms with E-state index in [1.165, 1.54) is 17.0 Å². The quantitative estimate of drug-likeness (QED) is 0.160. The Hall–Kier alpha value is -4.34. The van der Waals surface area contributed by atoms with Gasteiger partial charge in [0, 0.05) is 24.5 Å². The van der Waals surface area contributed by atoms with Gasteiger partial charge in [-0.05, 0) is 66.4 Å². The van der Waals surface area contributed by atoms with Gasteiger partial charge in [0.1, 0.15) is 18.3 Å². The molecule has 0 aliphatic rings. The summed E-state index contributed by atoms with van der Waals surface area (Å²) in [7, 11) is -4.22. The summed E-state index contributed by atoms with van der Waals surface area (Å²) < 4.78 is 34.9. The van der Waals surface area contributed by atoms with Crippen molar-refractivity contribution in [1.82, 2.24) is 10.2 Å². The van der Waals surface area contributed by atoms with E-state index < -0.39 is 28.5 Å². The van der Waals surface area contributed by atoms with E-state index in [-0.39, 0.29) is 29.7 Å². The molecule has 1 N–H and O–H groups in total. The lowest BCUT2D eigenvalue weighted by Crippen LogP contribution is -2.53. The Morgan fingerprint density at radius 3 is 2.07 bits per heavy atom. The zero-order chi connectivity index (χ0) is 33.1. The van der Waals surface area contributed by atoms with Crippen molar-refractivity contribution in [2.75, 3.05) is 24.0 Å². The van der Waals surface area contributed by atoms with Gasteiger partial charge in [-0.2, -0.15) is 0 Å². The topological polar surface area (TPSA) is 96.0 Å². The minimum Gasteiger partial charge on any atom is -0.494 e. The van der Waals surface area contributed by atoms with E-state index in [4.69, 9.17) is 16.3 Å². The highest BCUT2D eigenvalue weighted by Crippen LogP contribution is 2.27. The molecule has 0 unspecified atom stereocenters. The Balaban J connectivity index is 1.78. The van der Waals surface area contributed by atoms with Gasteiger partial charge in [0.15, 0.2) is 0 Å². The van der Waals surface area contributed by atoms with Gasteiger partial charge in [0.2, 0.25) is 11.8 Å². The average molecular weight is 662 g/mol. The molecule has 4 aromatic carbocycles. The third kappa shape index (κ3) is 9.11. The number of para-hydroxylation sites is 1. The van der Waals surface area contributed by atoms with Gasteiger partial charge < -0.3 is 15.0 Å². The van der Waals surface area contributed by atoms with E-state index in [2.05, 4.69) is 5.32 Å². The summed E-state index contributed by atoms with van der Waals surface area (Å²) in [5.74, 6) is -0.176. The number of anilines is 1. The molecule has 0 bridgehead atoms. The summed E-state index contributed by atoms with van der Waals surface area (Å²) in [5.41, 5.74) is 1.80. The molecule has 0 spiro atoms. The van der Waals surface area contributed by atoms with Crippen LogP contribution in [-0.4, -0.2) is 50.9 Å². The summed E-state index contributed by atoms with van der Waals surface area (Å²) in [6.07, 6.45) is 0.220. The fourth-order valence-electron chi connectivity index (χ4n) is 4.91. The second-order valence-electron chi connectivity index (χ2n) is 11.2. The molecule has 8 nitrogen and oxygen atoms in total. The Labute approximate surface area is 277 Å². The first-order chi connectivity index (χ1) is 22.1. The van der Waals surface area contributed by atoms with Crippen LogP contribution in [0.25, 0.3) is 0 Å². The molecule has 242 valence electrons. The minimum atomic E-state index is -4.22. The van der Waals surface area contributed by atoms with Gasteiger partial charge in [0.05, 0.1) is 17.2 Å². The predicted octanol–water partition coefficient (Wildman–Crippen LogP) is 6.35. The number of rotatable bonds is 15. The number of amides is 2. The van der Waals surface area contributed by atoms with Crippen molar-refractivity contribution in [1.29, 1.82) is 0 Å². The highest BCUT2D eigenvalue weighted by molar-refractivity contribution is 7.92. The van der Waals surface area contributed by atoms with Crippen LogP contribution in [0, 0.1) is 5.92 Å². The second-order valence-corrected chi connectivity index (χ2v) is 13.5. The zero-order valence-corrected chi connectivity index (χ0v) is 27.9. The maximum Gasteiger partial charge on any atom is 0.264 e. The molecule has 0 aliphatic carbocycles. The molecule has 0 radical (unpaired) electrons. The summed E-state index contributed by atoms with van der Waals surface area (Å²) in [6.45, 7) is 6.12. The van der Waals surface area contributed by atoms with Crippen molar-refractivity contribution >= 4 is 39.1 Å². The van der Waals surface area contributed by atoms with Crippen molar-refractivity contribution in [3.8, 4) is 5.75 Å². The van der Waals surface area contributed by atoms with Gasteiger partial charge in [-0.25, -0.2) is 8.42 Å². The van der Waals surface area contributed by atoms with Crippen LogP contribution in [0.1, 0.15) is 31.9 Å². The molecule has 0 saturated heterocycles. The molecule has 4 rings (SSSR count). The maximum absolute atomic E-state index is 14.5.